The molecule has 23 heavy (non-hydrogen) atoms. The average Bonchev–Trinajstić information content (AvgIpc) is 3.27. The van der Waals surface area contributed by atoms with Crippen LogP contribution in [0.1, 0.15) is 31.0 Å². The first kappa shape index (κ1) is 14.1. The normalized spacial score (nSPS) is 26.0. The van der Waals surface area contributed by atoms with Crippen LogP contribution in [0.15, 0.2) is 42.7 Å². The van der Waals surface area contributed by atoms with E-state index in [4.69, 9.17) is 4.74 Å². The summed E-state index contributed by atoms with van der Waals surface area (Å²) in [6.07, 6.45) is 4.61. The quantitative estimate of drug-likeness (QED) is 0.926. The molecule has 0 saturated carbocycles. The van der Waals surface area contributed by atoms with Crippen molar-refractivity contribution in [2.75, 3.05) is 13.1 Å². The molecular weight excluding hydrogens is 292 g/mol. The molecule has 3 heterocycles. The molecule has 0 spiro atoms. The van der Waals surface area contributed by atoms with Crippen molar-refractivity contribution < 1.29 is 9.53 Å². The highest BCUT2D eigenvalue weighted by Crippen LogP contribution is 2.36. The maximum absolute atomic E-state index is 12.6. The maximum Gasteiger partial charge on any atom is 0.318 e. The van der Waals surface area contributed by atoms with E-state index in [0.29, 0.717) is 6.54 Å². The molecule has 0 bridgehead atoms. The second-order valence-electron chi connectivity index (χ2n) is 6.16. The summed E-state index contributed by atoms with van der Waals surface area (Å²) in [6, 6.07) is 9.94. The molecule has 3 unspecified atom stereocenters. The minimum atomic E-state index is -0.0950. The Morgan fingerprint density at radius 1 is 1.35 bits per heavy atom. The number of nitrogens with zero attached hydrogens (tertiary/aromatic N) is 3. The summed E-state index contributed by atoms with van der Waals surface area (Å²) >= 11 is 0. The summed E-state index contributed by atoms with van der Waals surface area (Å²) in [4.78, 5) is 14.5. The van der Waals surface area contributed by atoms with E-state index in [1.54, 1.807) is 6.20 Å². The predicted octanol–water partition coefficient (Wildman–Crippen LogP) is 2.36. The molecule has 4 rings (SSSR count). The number of carbonyl (C=O) groups excluding carboxylic acids is 1. The van der Waals surface area contributed by atoms with E-state index >= 15 is 0 Å². The molecule has 2 aliphatic rings. The molecule has 120 valence electrons. The molecule has 3 atom stereocenters. The Hall–Kier alpha value is -2.50. The number of para-hydroxylation sites is 1. The first-order chi connectivity index (χ1) is 11.2. The van der Waals surface area contributed by atoms with Gasteiger partial charge in [-0.1, -0.05) is 18.2 Å². The average molecular weight is 312 g/mol. The SMILES string of the molecule is CC1Oc2ccccc2C1NC(=O)N1CCC(n2cccn2)C1. The lowest BCUT2D eigenvalue weighted by molar-refractivity contribution is 0.180. The minimum Gasteiger partial charge on any atom is -0.488 e. The number of amides is 2. The predicted molar refractivity (Wildman–Crippen MR) is 85.3 cm³/mol. The van der Waals surface area contributed by atoms with Gasteiger partial charge in [0.15, 0.2) is 0 Å². The van der Waals surface area contributed by atoms with Crippen LogP contribution in [0.5, 0.6) is 5.75 Å². The first-order valence-electron chi connectivity index (χ1n) is 8.02. The van der Waals surface area contributed by atoms with Gasteiger partial charge in [-0.25, -0.2) is 4.79 Å². The summed E-state index contributed by atoms with van der Waals surface area (Å²) in [5.74, 6) is 0.862. The van der Waals surface area contributed by atoms with Gasteiger partial charge >= 0.3 is 6.03 Å². The summed E-state index contributed by atoms with van der Waals surface area (Å²) in [5, 5.41) is 7.40. The lowest BCUT2D eigenvalue weighted by Crippen LogP contribution is -2.42. The van der Waals surface area contributed by atoms with Crippen molar-refractivity contribution in [2.24, 2.45) is 0 Å². The Balaban J connectivity index is 1.43. The Labute approximate surface area is 135 Å². The van der Waals surface area contributed by atoms with Gasteiger partial charge in [0.25, 0.3) is 0 Å². The molecule has 6 nitrogen and oxygen atoms in total. The highest BCUT2D eigenvalue weighted by Gasteiger charge is 2.35. The van der Waals surface area contributed by atoms with Gasteiger partial charge in [-0.05, 0) is 25.5 Å². The molecule has 1 saturated heterocycles. The van der Waals surface area contributed by atoms with Crippen LogP contribution in [0.4, 0.5) is 4.79 Å². The van der Waals surface area contributed by atoms with Crippen molar-refractivity contribution in [1.29, 1.82) is 0 Å². The summed E-state index contributed by atoms with van der Waals surface area (Å²) in [6.45, 7) is 3.43. The van der Waals surface area contributed by atoms with Gasteiger partial charge in [-0.3, -0.25) is 4.68 Å². The van der Waals surface area contributed by atoms with E-state index in [2.05, 4.69) is 10.4 Å². The van der Waals surface area contributed by atoms with Crippen molar-refractivity contribution in [3.63, 3.8) is 0 Å². The van der Waals surface area contributed by atoms with Crippen LogP contribution >= 0.6 is 0 Å². The number of carbonyl (C=O) groups is 1. The topological polar surface area (TPSA) is 59.4 Å². The number of fused-ring (bicyclic) bond motifs is 1. The van der Waals surface area contributed by atoms with Gasteiger partial charge in [0.2, 0.25) is 0 Å². The zero-order chi connectivity index (χ0) is 15.8. The summed E-state index contributed by atoms with van der Waals surface area (Å²) in [7, 11) is 0. The molecule has 2 aromatic rings. The lowest BCUT2D eigenvalue weighted by atomic mass is 10.1. The molecule has 2 aliphatic heterocycles. The van der Waals surface area contributed by atoms with Crippen LogP contribution in [0, 0.1) is 0 Å². The van der Waals surface area contributed by atoms with Crippen LogP contribution in [-0.4, -0.2) is 39.9 Å². The van der Waals surface area contributed by atoms with E-state index in [-0.39, 0.29) is 24.2 Å². The molecule has 0 radical (unpaired) electrons. The fourth-order valence-corrected chi connectivity index (χ4v) is 3.42. The van der Waals surface area contributed by atoms with Crippen LogP contribution in [0.3, 0.4) is 0 Å². The van der Waals surface area contributed by atoms with E-state index in [1.165, 1.54) is 0 Å². The van der Waals surface area contributed by atoms with Crippen molar-refractivity contribution in [3.8, 4) is 5.75 Å². The minimum absolute atomic E-state index is 0.0307. The standard InChI is InChI=1S/C17H20N4O2/c1-12-16(14-5-2-3-6-15(14)23-12)19-17(22)20-10-7-13(11-20)21-9-4-8-18-21/h2-6,8-9,12-13,16H,7,10-11H2,1H3,(H,19,22). The van der Waals surface area contributed by atoms with Gasteiger partial charge in [-0.2, -0.15) is 5.10 Å². The Kier molecular flexibility index (Phi) is 3.44. The number of ether oxygens (including phenoxy) is 1. The van der Waals surface area contributed by atoms with E-state index in [1.807, 2.05) is 53.0 Å². The monoisotopic (exact) mass is 312 g/mol. The fraction of sp³-hybridized carbons (Fsp3) is 0.412. The van der Waals surface area contributed by atoms with Gasteiger partial charge in [0, 0.05) is 31.0 Å². The second-order valence-corrected chi connectivity index (χ2v) is 6.16. The molecule has 6 heteroatoms. The number of hydrogen-bond acceptors (Lipinski definition) is 3. The molecular formula is C17H20N4O2. The van der Waals surface area contributed by atoms with Crippen molar-refractivity contribution in [1.82, 2.24) is 20.0 Å². The number of hydrogen-bond donors (Lipinski definition) is 1. The number of urea groups is 1. The number of nitrogens with one attached hydrogen (secondary N) is 1. The number of benzene rings is 1. The van der Waals surface area contributed by atoms with E-state index in [0.717, 1.165) is 24.3 Å². The second kappa shape index (κ2) is 5.61. The Morgan fingerprint density at radius 2 is 2.22 bits per heavy atom. The van der Waals surface area contributed by atoms with Gasteiger partial charge < -0.3 is 15.0 Å². The molecule has 1 fully saturated rings. The third-order valence-electron chi connectivity index (χ3n) is 4.66. The smallest absolute Gasteiger partial charge is 0.318 e. The first-order valence-corrected chi connectivity index (χ1v) is 8.02. The Bertz CT molecular complexity index is 700. The number of aromatic nitrogens is 2. The van der Waals surface area contributed by atoms with Crippen LogP contribution in [-0.2, 0) is 0 Å². The number of rotatable bonds is 2. The molecule has 0 aliphatic carbocycles. The maximum atomic E-state index is 12.6. The van der Waals surface area contributed by atoms with E-state index in [9.17, 15) is 4.79 Å². The van der Waals surface area contributed by atoms with Crippen molar-refractivity contribution in [3.05, 3.63) is 48.3 Å². The largest absolute Gasteiger partial charge is 0.488 e. The molecule has 1 aromatic carbocycles. The molecule has 1 aromatic heterocycles. The zero-order valence-electron chi connectivity index (χ0n) is 13.1. The number of likely N-dealkylation sites (tertiary alicyclic amines) is 1. The third-order valence-corrected chi connectivity index (χ3v) is 4.66. The van der Waals surface area contributed by atoms with Crippen LogP contribution in [0.2, 0.25) is 0 Å². The van der Waals surface area contributed by atoms with Gasteiger partial charge in [0.1, 0.15) is 11.9 Å². The molecule has 2 amide bonds. The fourth-order valence-electron chi connectivity index (χ4n) is 3.42. The Morgan fingerprint density at radius 3 is 3.04 bits per heavy atom. The van der Waals surface area contributed by atoms with Gasteiger partial charge in [0.05, 0.1) is 12.1 Å². The van der Waals surface area contributed by atoms with E-state index < -0.39 is 0 Å². The lowest BCUT2D eigenvalue weighted by Gasteiger charge is -2.22. The third kappa shape index (κ3) is 2.54. The summed E-state index contributed by atoms with van der Waals surface area (Å²) < 4.78 is 7.75. The zero-order valence-corrected chi connectivity index (χ0v) is 13.1. The van der Waals surface area contributed by atoms with Gasteiger partial charge in [-0.15, -0.1) is 0 Å². The van der Waals surface area contributed by atoms with Crippen LogP contribution < -0.4 is 10.1 Å². The van der Waals surface area contributed by atoms with Crippen LogP contribution in [0.25, 0.3) is 0 Å². The van der Waals surface area contributed by atoms with Crippen molar-refractivity contribution in [2.45, 2.75) is 31.5 Å². The summed E-state index contributed by atoms with van der Waals surface area (Å²) in [5.41, 5.74) is 1.05. The van der Waals surface area contributed by atoms with Crippen molar-refractivity contribution >= 4 is 6.03 Å². The molecule has 1 N–H and O–H groups in total. The highest BCUT2D eigenvalue weighted by molar-refractivity contribution is 5.75. The highest BCUT2D eigenvalue weighted by atomic mass is 16.5.